The summed E-state index contributed by atoms with van der Waals surface area (Å²) in [6.45, 7) is 6.11. The van der Waals surface area contributed by atoms with E-state index in [0.717, 1.165) is 28.6 Å². The minimum atomic E-state index is 0.554. The van der Waals surface area contributed by atoms with Crippen molar-refractivity contribution in [3.8, 4) is 5.75 Å². The first-order chi connectivity index (χ1) is 12.0. The van der Waals surface area contributed by atoms with Crippen LogP contribution in [0.5, 0.6) is 5.75 Å². The van der Waals surface area contributed by atoms with E-state index < -0.39 is 0 Å². The smallest absolute Gasteiger partial charge is 0.229 e. The Morgan fingerprint density at radius 2 is 1.60 bits per heavy atom. The highest BCUT2D eigenvalue weighted by molar-refractivity contribution is 5.63. The highest BCUT2D eigenvalue weighted by Gasteiger charge is 2.06. The van der Waals surface area contributed by atoms with Gasteiger partial charge >= 0.3 is 0 Å². The normalized spacial score (nSPS) is 10.4. The fourth-order valence-electron chi connectivity index (χ4n) is 2.50. The molecule has 2 aromatic carbocycles. The number of anilines is 4. The SMILES string of the molecule is COc1ccc(Nc2nc(C)cc(Nc3cc(C)ccc3C)n2)cc1. The summed E-state index contributed by atoms with van der Waals surface area (Å²) >= 11 is 0. The maximum atomic E-state index is 5.18. The van der Waals surface area contributed by atoms with Crippen LogP contribution in [0.2, 0.25) is 0 Å². The highest BCUT2D eigenvalue weighted by atomic mass is 16.5. The van der Waals surface area contributed by atoms with E-state index >= 15 is 0 Å². The molecule has 0 unspecified atom stereocenters. The average molecular weight is 334 g/mol. The lowest BCUT2D eigenvalue weighted by Crippen LogP contribution is -2.03. The van der Waals surface area contributed by atoms with Gasteiger partial charge in [0.15, 0.2) is 0 Å². The summed E-state index contributed by atoms with van der Waals surface area (Å²) in [4.78, 5) is 9.03. The molecule has 0 amide bonds. The molecule has 0 saturated heterocycles. The molecule has 5 heteroatoms. The van der Waals surface area contributed by atoms with E-state index in [1.54, 1.807) is 7.11 Å². The molecule has 0 aliphatic rings. The fourth-order valence-corrected chi connectivity index (χ4v) is 2.50. The van der Waals surface area contributed by atoms with Crippen molar-refractivity contribution in [3.05, 3.63) is 65.4 Å². The van der Waals surface area contributed by atoms with Crippen LogP contribution in [0, 0.1) is 20.8 Å². The highest BCUT2D eigenvalue weighted by Crippen LogP contribution is 2.23. The summed E-state index contributed by atoms with van der Waals surface area (Å²) in [5.41, 5.74) is 5.22. The lowest BCUT2D eigenvalue weighted by molar-refractivity contribution is 0.415. The maximum Gasteiger partial charge on any atom is 0.229 e. The number of aromatic nitrogens is 2. The quantitative estimate of drug-likeness (QED) is 0.695. The molecule has 0 atom stereocenters. The van der Waals surface area contributed by atoms with Crippen LogP contribution in [0.1, 0.15) is 16.8 Å². The second kappa shape index (κ2) is 7.21. The number of methoxy groups -OCH3 is 1. The molecular formula is C20H22N4O. The van der Waals surface area contributed by atoms with Crippen LogP contribution in [0.25, 0.3) is 0 Å². The zero-order chi connectivity index (χ0) is 17.8. The van der Waals surface area contributed by atoms with Crippen molar-refractivity contribution in [2.24, 2.45) is 0 Å². The van der Waals surface area contributed by atoms with Gasteiger partial charge in [-0.2, -0.15) is 4.98 Å². The Morgan fingerprint density at radius 1 is 0.840 bits per heavy atom. The Labute approximate surface area is 148 Å². The molecule has 0 radical (unpaired) electrons. The number of benzene rings is 2. The molecule has 3 rings (SSSR count). The van der Waals surface area contributed by atoms with Crippen LogP contribution >= 0.6 is 0 Å². The minimum Gasteiger partial charge on any atom is -0.497 e. The number of ether oxygens (including phenoxy) is 1. The first-order valence-corrected chi connectivity index (χ1v) is 8.14. The van der Waals surface area contributed by atoms with Gasteiger partial charge in [0.1, 0.15) is 11.6 Å². The number of aryl methyl sites for hydroxylation is 3. The van der Waals surface area contributed by atoms with Crippen LogP contribution < -0.4 is 15.4 Å². The number of nitrogens with zero attached hydrogens (tertiary/aromatic N) is 2. The van der Waals surface area contributed by atoms with E-state index in [1.165, 1.54) is 11.1 Å². The standard InChI is InChI=1S/C20H22N4O/c1-13-5-6-14(2)18(11-13)23-19-12-15(3)21-20(24-19)22-16-7-9-17(25-4)10-8-16/h5-12H,1-4H3,(H2,21,22,23,24). The van der Waals surface area contributed by atoms with Crippen LogP contribution in [0.4, 0.5) is 23.1 Å². The summed E-state index contributed by atoms with van der Waals surface area (Å²) in [6, 6.07) is 15.9. The van der Waals surface area contributed by atoms with Gasteiger partial charge in [0.2, 0.25) is 5.95 Å². The molecule has 128 valence electrons. The average Bonchev–Trinajstić information content (AvgIpc) is 2.58. The Hall–Kier alpha value is -3.08. The third kappa shape index (κ3) is 4.26. The number of nitrogens with one attached hydrogen (secondary N) is 2. The Kier molecular flexibility index (Phi) is 4.84. The number of hydrogen-bond donors (Lipinski definition) is 2. The fraction of sp³-hybridized carbons (Fsp3) is 0.200. The third-order valence-electron chi connectivity index (χ3n) is 3.86. The van der Waals surface area contributed by atoms with Crippen molar-refractivity contribution in [3.63, 3.8) is 0 Å². The second-order valence-electron chi connectivity index (χ2n) is 6.02. The predicted molar refractivity (Wildman–Crippen MR) is 102 cm³/mol. The molecule has 25 heavy (non-hydrogen) atoms. The first-order valence-electron chi connectivity index (χ1n) is 8.14. The molecule has 3 aromatic rings. The van der Waals surface area contributed by atoms with Gasteiger partial charge in [0, 0.05) is 23.1 Å². The second-order valence-corrected chi connectivity index (χ2v) is 6.02. The van der Waals surface area contributed by atoms with Gasteiger partial charge in [0.25, 0.3) is 0 Å². The van der Waals surface area contributed by atoms with Crippen molar-refractivity contribution < 1.29 is 4.74 Å². The van der Waals surface area contributed by atoms with E-state index in [-0.39, 0.29) is 0 Å². The van der Waals surface area contributed by atoms with Gasteiger partial charge in [-0.1, -0.05) is 12.1 Å². The van der Waals surface area contributed by atoms with E-state index in [1.807, 2.05) is 37.3 Å². The van der Waals surface area contributed by atoms with Crippen LogP contribution in [0.15, 0.2) is 48.5 Å². The predicted octanol–water partition coefficient (Wildman–Crippen LogP) is 4.90. The van der Waals surface area contributed by atoms with Crippen molar-refractivity contribution in [1.82, 2.24) is 9.97 Å². The summed E-state index contributed by atoms with van der Waals surface area (Å²) < 4.78 is 5.18. The molecule has 0 spiro atoms. The van der Waals surface area contributed by atoms with E-state index in [9.17, 15) is 0 Å². The minimum absolute atomic E-state index is 0.554. The Balaban J connectivity index is 1.83. The van der Waals surface area contributed by atoms with Gasteiger partial charge in [-0.3, -0.25) is 0 Å². The van der Waals surface area contributed by atoms with Gasteiger partial charge in [-0.05, 0) is 62.2 Å². The van der Waals surface area contributed by atoms with E-state index in [4.69, 9.17) is 4.74 Å². The van der Waals surface area contributed by atoms with E-state index in [0.29, 0.717) is 5.95 Å². The van der Waals surface area contributed by atoms with Crippen molar-refractivity contribution >= 4 is 23.1 Å². The van der Waals surface area contributed by atoms with Crippen molar-refractivity contribution in [2.75, 3.05) is 17.7 Å². The van der Waals surface area contributed by atoms with Gasteiger partial charge in [-0.25, -0.2) is 4.98 Å². The van der Waals surface area contributed by atoms with Crippen LogP contribution in [-0.4, -0.2) is 17.1 Å². The largest absolute Gasteiger partial charge is 0.497 e. The molecule has 1 heterocycles. The van der Waals surface area contributed by atoms with Crippen LogP contribution in [-0.2, 0) is 0 Å². The molecule has 0 aliphatic carbocycles. The Morgan fingerprint density at radius 3 is 2.32 bits per heavy atom. The topological polar surface area (TPSA) is 59.1 Å². The van der Waals surface area contributed by atoms with Crippen molar-refractivity contribution in [1.29, 1.82) is 0 Å². The van der Waals surface area contributed by atoms with Crippen LogP contribution in [0.3, 0.4) is 0 Å². The third-order valence-corrected chi connectivity index (χ3v) is 3.86. The summed E-state index contributed by atoms with van der Waals surface area (Å²) in [7, 11) is 1.65. The molecule has 2 N–H and O–H groups in total. The maximum absolute atomic E-state index is 5.18. The zero-order valence-corrected chi connectivity index (χ0v) is 14.9. The van der Waals surface area contributed by atoms with Gasteiger partial charge < -0.3 is 15.4 Å². The zero-order valence-electron chi connectivity index (χ0n) is 14.9. The summed E-state index contributed by atoms with van der Waals surface area (Å²) in [5, 5.41) is 6.62. The van der Waals surface area contributed by atoms with Gasteiger partial charge in [0.05, 0.1) is 7.11 Å². The molecular weight excluding hydrogens is 312 g/mol. The number of rotatable bonds is 5. The lowest BCUT2D eigenvalue weighted by Gasteiger charge is -2.12. The molecule has 1 aromatic heterocycles. The first kappa shape index (κ1) is 16.8. The molecule has 0 aliphatic heterocycles. The summed E-state index contributed by atoms with van der Waals surface area (Å²) in [6.07, 6.45) is 0. The van der Waals surface area contributed by atoms with Crippen molar-refractivity contribution in [2.45, 2.75) is 20.8 Å². The summed E-state index contributed by atoms with van der Waals surface area (Å²) in [5.74, 6) is 2.13. The molecule has 0 saturated carbocycles. The monoisotopic (exact) mass is 334 g/mol. The number of hydrogen-bond acceptors (Lipinski definition) is 5. The molecule has 0 bridgehead atoms. The Bertz CT molecular complexity index is 875. The molecule has 5 nitrogen and oxygen atoms in total. The van der Waals surface area contributed by atoms with Gasteiger partial charge in [-0.15, -0.1) is 0 Å². The molecule has 0 fully saturated rings. The lowest BCUT2D eigenvalue weighted by atomic mass is 10.1. The van der Waals surface area contributed by atoms with E-state index in [2.05, 4.69) is 52.6 Å².